The summed E-state index contributed by atoms with van der Waals surface area (Å²) in [5.41, 5.74) is 6.33. The first-order chi connectivity index (χ1) is 10.0. The molecule has 2 rings (SSSR count). The summed E-state index contributed by atoms with van der Waals surface area (Å²) in [6, 6.07) is 10.4. The van der Waals surface area contributed by atoms with Crippen LogP contribution in [0.1, 0.15) is 15.9 Å². The van der Waals surface area contributed by atoms with Gasteiger partial charge in [-0.1, -0.05) is 11.2 Å². The van der Waals surface area contributed by atoms with E-state index in [0.29, 0.717) is 11.3 Å². The molecule has 2 aromatic rings. The summed E-state index contributed by atoms with van der Waals surface area (Å²) in [5, 5.41) is 33.0. The van der Waals surface area contributed by atoms with Crippen molar-refractivity contribution < 1.29 is 20.2 Å². The molecule has 1 amide bonds. The highest BCUT2D eigenvalue weighted by atomic mass is 16.4. The number of nitrogens with two attached hydrogens (primary N) is 1. The van der Waals surface area contributed by atoms with Crippen molar-refractivity contribution in [2.45, 2.75) is 0 Å². The first-order valence-corrected chi connectivity index (χ1v) is 5.93. The molecule has 0 aliphatic rings. The van der Waals surface area contributed by atoms with E-state index in [1.807, 2.05) is 0 Å². The van der Waals surface area contributed by atoms with Crippen molar-refractivity contribution in [2.24, 2.45) is 10.9 Å². The van der Waals surface area contributed by atoms with Gasteiger partial charge >= 0.3 is 0 Å². The lowest BCUT2D eigenvalue weighted by Gasteiger charge is -2.08. The zero-order valence-corrected chi connectivity index (χ0v) is 10.8. The lowest BCUT2D eigenvalue weighted by Crippen LogP contribution is -2.14. The van der Waals surface area contributed by atoms with E-state index in [2.05, 4.69) is 10.5 Å². The SMILES string of the molecule is N/C(=N/O)c1ccc(NC(=O)c2cccc(O)c2O)cc1. The molecule has 21 heavy (non-hydrogen) atoms. The summed E-state index contributed by atoms with van der Waals surface area (Å²) in [5.74, 6) is -1.47. The molecular formula is C14H13N3O4. The molecular weight excluding hydrogens is 274 g/mol. The summed E-state index contributed by atoms with van der Waals surface area (Å²) < 4.78 is 0. The second-order valence-corrected chi connectivity index (χ2v) is 4.19. The quantitative estimate of drug-likeness (QED) is 0.192. The van der Waals surface area contributed by atoms with E-state index in [-0.39, 0.29) is 17.1 Å². The number of benzene rings is 2. The Balaban J connectivity index is 2.18. The van der Waals surface area contributed by atoms with Crippen molar-refractivity contribution >= 4 is 17.4 Å². The minimum Gasteiger partial charge on any atom is -0.504 e. The van der Waals surface area contributed by atoms with E-state index < -0.39 is 11.7 Å². The van der Waals surface area contributed by atoms with Crippen molar-refractivity contribution in [1.82, 2.24) is 0 Å². The third kappa shape index (κ3) is 3.03. The first-order valence-electron chi connectivity index (χ1n) is 5.93. The van der Waals surface area contributed by atoms with Crippen LogP contribution in [0.15, 0.2) is 47.6 Å². The van der Waals surface area contributed by atoms with Gasteiger partial charge in [-0.25, -0.2) is 0 Å². The van der Waals surface area contributed by atoms with Crippen LogP contribution in [-0.4, -0.2) is 27.2 Å². The second kappa shape index (κ2) is 5.83. The molecule has 0 saturated heterocycles. The number of phenols is 2. The van der Waals surface area contributed by atoms with Crippen molar-refractivity contribution in [3.05, 3.63) is 53.6 Å². The van der Waals surface area contributed by atoms with Crippen LogP contribution in [0, 0.1) is 0 Å². The van der Waals surface area contributed by atoms with Gasteiger partial charge in [-0.3, -0.25) is 4.79 Å². The number of nitrogens with zero attached hydrogens (tertiary/aromatic N) is 1. The van der Waals surface area contributed by atoms with Crippen LogP contribution in [0.25, 0.3) is 0 Å². The maximum atomic E-state index is 12.0. The zero-order chi connectivity index (χ0) is 15.4. The summed E-state index contributed by atoms with van der Waals surface area (Å²) in [6.45, 7) is 0. The minimum absolute atomic E-state index is 0.0431. The van der Waals surface area contributed by atoms with Crippen LogP contribution < -0.4 is 11.1 Å². The van der Waals surface area contributed by atoms with Gasteiger partial charge in [-0.15, -0.1) is 0 Å². The molecule has 6 N–H and O–H groups in total. The third-order valence-corrected chi connectivity index (χ3v) is 2.81. The zero-order valence-electron chi connectivity index (χ0n) is 10.8. The molecule has 0 unspecified atom stereocenters. The molecule has 2 aromatic carbocycles. The molecule has 7 nitrogen and oxygen atoms in total. The van der Waals surface area contributed by atoms with E-state index >= 15 is 0 Å². The number of phenolic OH excluding ortho intramolecular Hbond substituents is 2. The van der Waals surface area contributed by atoms with Crippen molar-refractivity contribution in [2.75, 3.05) is 5.32 Å². The number of carbonyl (C=O) groups is 1. The number of amides is 1. The molecule has 0 aliphatic heterocycles. The molecule has 0 bridgehead atoms. The lowest BCUT2D eigenvalue weighted by atomic mass is 10.1. The van der Waals surface area contributed by atoms with Crippen molar-refractivity contribution in [1.29, 1.82) is 0 Å². The number of aromatic hydroxyl groups is 2. The Hall–Kier alpha value is -3.22. The number of anilines is 1. The number of hydrogen-bond acceptors (Lipinski definition) is 5. The van der Waals surface area contributed by atoms with E-state index in [1.165, 1.54) is 18.2 Å². The predicted molar refractivity (Wildman–Crippen MR) is 76.7 cm³/mol. The Morgan fingerprint density at radius 2 is 1.76 bits per heavy atom. The van der Waals surface area contributed by atoms with Gasteiger partial charge in [0.05, 0.1) is 5.56 Å². The van der Waals surface area contributed by atoms with Gasteiger partial charge in [0.15, 0.2) is 17.3 Å². The number of hydrogen-bond donors (Lipinski definition) is 5. The lowest BCUT2D eigenvalue weighted by molar-refractivity contribution is 0.102. The topological polar surface area (TPSA) is 128 Å². The Bertz CT molecular complexity index is 696. The molecule has 108 valence electrons. The highest BCUT2D eigenvalue weighted by Crippen LogP contribution is 2.28. The van der Waals surface area contributed by atoms with Gasteiger partial charge < -0.3 is 26.5 Å². The summed E-state index contributed by atoms with van der Waals surface area (Å²) in [7, 11) is 0. The van der Waals surface area contributed by atoms with Gasteiger partial charge in [0.1, 0.15) is 0 Å². The maximum Gasteiger partial charge on any atom is 0.259 e. The molecule has 0 aliphatic carbocycles. The van der Waals surface area contributed by atoms with Gasteiger partial charge in [-0.2, -0.15) is 0 Å². The third-order valence-electron chi connectivity index (χ3n) is 2.81. The van der Waals surface area contributed by atoms with Crippen molar-refractivity contribution in [3.8, 4) is 11.5 Å². The number of oxime groups is 1. The molecule has 0 saturated carbocycles. The van der Waals surface area contributed by atoms with E-state index in [1.54, 1.807) is 24.3 Å². The molecule has 0 fully saturated rings. The monoisotopic (exact) mass is 287 g/mol. The Kier molecular flexibility index (Phi) is 3.94. The second-order valence-electron chi connectivity index (χ2n) is 4.19. The van der Waals surface area contributed by atoms with Crippen LogP contribution in [0.5, 0.6) is 11.5 Å². The summed E-state index contributed by atoms with van der Waals surface area (Å²) in [4.78, 5) is 12.0. The first kappa shape index (κ1) is 14.2. The summed E-state index contributed by atoms with van der Waals surface area (Å²) >= 11 is 0. The number of amidine groups is 1. The summed E-state index contributed by atoms with van der Waals surface area (Å²) in [6.07, 6.45) is 0. The number of carbonyl (C=O) groups excluding carboxylic acids is 1. The molecule has 0 atom stereocenters. The molecule has 0 heterocycles. The van der Waals surface area contributed by atoms with E-state index in [0.717, 1.165) is 0 Å². The van der Waals surface area contributed by atoms with Crippen LogP contribution in [0.4, 0.5) is 5.69 Å². The Morgan fingerprint density at radius 3 is 2.38 bits per heavy atom. The highest BCUT2D eigenvalue weighted by Gasteiger charge is 2.14. The number of para-hydroxylation sites is 1. The Morgan fingerprint density at radius 1 is 1.10 bits per heavy atom. The number of nitrogens with one attached hydrogen (secondary N) is 1. The Labute approximate surface area is 120 Å². The fourth-order valence-electron chi connectivity index (χ4n) is 1.70. The number of rotatable bonds is 3. The largest absolute Gasteiger partial charge is 0.504 e. The normalized spacial score (nSPS) is 11.1. The molecule has 7 heteroatoms. The average molecular weight is 287 g/mol. The molecule has 0 aromatic heterocycles. The van der Waals surface area contributed by atoms with E-state index in [4.69, 9.17) is 10.9 Å². The van der Waals surface area contributed by atoms with Gasteiger partial charge in [0.2, 0.25) is 0 Å². The maximum absolute atomic E-state index is 12.0. The van der Waals surface area contributed by atoms with Crippen LogP contribution in [0.2, 0.25) is 0 Å². The van der Waals surface area contributed by atoms with Crippen LogP contribution >= 0.6 is 0 Å². The van der Waals surface area contributed by atoms with Crippen LogP contribution in [0.3, 0.4) is 0 Å². The van der Waals surface area contributed by atoms with Crippen LogP contribution in [-0.2, 0) is 0 Å². The average Bonchev–Trinajstić information content (AvgIpc) is 2.50. The van der Waals surface area contributed by atoms with Gasteiger partial charge in [-0.05, 0) is 36.4 Å². The predicted octanol–water partition coefficient (Wildman–Crippen LogP) is 1.44. The fourth-order valence-corrected chi connectivity index (χ4v) is 1.70. The minimum atomic E-state index is -0.569. The smallest absolute Gasteiger partial charge is 0.259 e. The highest BCUT2D eigenvalue weighted by molar-refractivity contribution is 6.07. The molecule has 0 spiro atoms. The van der Waals surface area contributed by atoms with Gasteiger partial charge in [0, 0.05) is 11.3 Å². The van der Waals surface area contributed by atoms with Crippen molar-refractivity contribution in [3.63, 3.8) is 0 Å². The molecule has 0 radical (unpaired) electrons. The fraction of sp³-hybridized carbons (Fsp3) is 0. The van der Waals surface area contributed by atoms with Gasteiger partial charge in [0.25, 0.3) is 5.91 Å². The van der Waals surface area contributed by atoms with E-state index in [9.17, 15) is 15.0 Å². The standard InChI is InChI=1S/C14H13N3O4/c15-13(17-21)8-4-6-9(7-5-8)16-14(20)10-2-1-3-11(18)12(10)19/h1-7,18-19,21H,(H2,15,17)(H,16,20).